The lowest BCUT2D eigenvalue weighted by Gasteiger charge is -2.19. The Hall–Kier alpha value is -3.27. The molecule has 9 nitrogen and oxygen atoms in total. The minimum Gasteiger partial charge on any atom is -0.467 e. The van der Waals surface area contributed by atoms with E-state index in [1.807, 2.05) is 12.1 Å². The lowest BCUT2D eigenvalue weighted by Crippen LogP contribution is -2.29. The summed E-state index contributed by atoms with van der Waals surface area (Å²) in [6.45, 7) is 0.548. The van der Waals surface area contributed by atoms with Gasteiger partial charge in [-0.3, -0.25) is 9.36 Å². The monoisotopic (exact) mass is 437 g/mol. The van der Waals surface area contributed by atoms with Crippen molar-refractivity contribution in [1.82, 2.24) is 14.8 Å². The van der Waals surface area contributed by atoms with Crippen LogP contribution < -0.4 is 0 Å². The van der Waals surface area contributed by atoms with Crippen molar-refractivity contribution in [3.63, 3.8) is 0 Å². The highest BCUT2D eigenvalue weighted by molar-refractivity contribution is 7.99. The zero-order valence-electron chi connectivity index (χ0n) is 16.7. The minimum absolute atomic E-state index is 0.298. The number of amides is 1. The summed E-state index contributed by atoms with van der Waals surface area (Å²) in [4.78, 5) is 32.9. The summed E-state index contributed by atoms with van der Waals surface area (Å²) < 4.78 is 12.3. The van der Waals surface area contributed by atoms with Crippen LogP contribution in [0.2, 0.25) is 0 Å². The van der Waals surface area contributed by atoms with Crippen LogP contribution in [0.1, 0.15) is 30.3 Å². The molecule has 1 aliphatic heterocycles. The number of fused-ring (bicyclic) bond motifs is 1. The minimum atomic E-state index is -0.564. The van der Waals surface area contributed by atoms with E-state index in [1.54, 1.807) is 24.5 Å². The number of amidine groups is 1. The normalized spacial score (nSPS) is 20.1. The Morgan fingerprint density at radius 3 is 2.94 bits per heavy atom. The van der Waals surface area contributed by atoms with Gasteiger partial charge in [-0.2, -0.15) is 4.99 Å². The Morgan fingerprint density at radius 1 is 1.32 bits per heavy atom. The predicted molar refractivity (Wildman–Crippen MR) is 113 cm³/mol. The molecule has 0 radical (unpaired) electrons. The van der Waals surface area contributed by atoms with E-state index < -0.39 is 11.9 Å². The van der Waals surface area contributed by atoms with Gasteiger partial charge in [0.15, 0.2) is 5.16 Å². The first-order valence-electron chi connectivity index (χ1n) is 9.89. The molecule has 0 spiro atoms. The first-order valence-corrected chi connectivity index (χ1v) is 10.9. The second-order valence-electron chi connectivity index (χ2n) is 7.40. The van der Waals surface area contributed by atoms with Gasteiger partial charge in [0.1, 0.15) is 23.3 Å². The van der Waals surface area contributed by atoms with Crippen LogP contribution in [0.3, 0.4) is 0 Å². The molecule has 2 aromatic rings. The van der Waals surface area contributed by atoms with Crippen molar-refractivity contribution < 1.29 is 18.7 Å². The van der Waals surface area contributed by atoms with Gasteiger partial charge >= 0.3 is 5.97 Å². The van der Waals surface area contributed by atoms with Gasteiger partial charge in [0.25, 0.3) is 5.91 Å². The van der Waals surface area contributed by atoms with Crippen LogP contribution in [-0.2, 0) is 20.9 Å². The Bertz CT molecular complexity index is 1150. The van der Waals surface area contributed by atoms with Gasteiger partial charge in [0.2, 0.25) is 0 Å². The number of allylic oxidation sites excluding steroid dienone is 1. The van der Waals surface area contributed by atoms with Gasteiger partial charge in [0.05, 0.1) is 37.0 Å². The fourth-order valence-electron chi connectivity index (χ4n) is 3.47. The maximum Gasteiger partial charge on any atom is 0.337 e. The van der Waals surface area contributed by atoms with Crippen LogP contribution in [0.5, 0.6) is 0 Å². The molecule has 0 N–H and O–H groups in total. The van der Waals surface area contributed by atoms with Crippen molar-refractivity contribution in [3.05, 3.63) is 53.8 Å². The summed E-state index contributed by atoms with van der Waals surface area (Å²) in [7, 11) is 1.31. The van der Waals surface area contributed by atoms with E-state index in [0.717, 1.165) is 29.6 Å². The highest BCUT2D eigenvalue weighted by Crippen LogP contribution is 2.40. The number of carbonyl (C=O) groups is 2. The van der Waals surface area contributed by atoms with E-state index in [1.165, 1.54) is 18.9 Å². The van der Waals surface area contributed by atoms with Crippen LogP contribution in [0.25, 0.3) is 0 Å². The maximum absolute atomic E-state index is 12.5. The molecule has 2 aromatic heterocycles. The number of thioether (sulfide) groups is 1. The standard InChI is InChI=1S/C21H19N5O4S/c1-29-20(28)13-6-7-15-16(9-13)22-17(23-19(15)27)11-31-21-25-24-18(12-4-5-12)26(21)10-14-3-2-8-30-14/h2-3,6-9,12,15H,4-5,10-11H2,1H3. The van der Waals surface area contributed by atoms with Crippen LogP contribution >= 0.6 is 11.8 Å². The van der Waals surface area contributed by atoms with Gasteiger partial charge in [-0.1, -0.05) is 23.9 Å². The predicted octanol–water partition coefficient (Wildman–Crippen LogP) is 2.55. The van der Waals surface area contributed by atoms with Gasteiger partial charge in [0, 0.05) is 5.92 Å². The van der Waals surface area contributed by atoms with Crippen molar-refractivity contribution >= 4 is 35.2 Å². The molecule has 10 heteroatoms. The Morgan fingerprint density at radius 2 is 2.19 bits per heavy atom. The number of hydrogen-bond donors (Lipinski definition) is 0. The molecule has 3 aliphatic rings. The summed E-state index contributed by atoms with van der Waals surface area (Å²) >= 11 is 1.42. The smallest absolute Gasteiger partial charge is 0.337 e. The number of nitrogens with zero attached hydrogens (tertiary/aromatic N) is 5. The number of esters is 1. The third-order valence-electron chi connectivity index (χ3n) is 5.19. The van der Waals surface area contributed by atoms with E-state index in [-0.39, 0.29) is 5.91 Å². The first kappa shape index (κ1) is 19.7. The largest absolute Gasteiger partial charge is 0.467 e. The number of furan rings is 1. The Labute approximate surface area is 182 Å². The van der Waals surface area contributed by atoms with E-state index in [9.17, 15) is 9.59 Å². The van der Waals surface area contributed by atoms with Gasteiger partial charge < -0.3 is 9.15 Å². The summed E-state index contributed by atoms with van der Waals surface area (Å²) in [5.74, 6) is 1.62. The van der Waals surface area contributed by atoms with Gasteiger partial charge in [-0.05, 0) is 31.1 Å². The lowest BCUT2D eigenvalue weighted by molar-refractivity contribution is -0.135. The number of hydrogen-bond acceptors (Lipinski definition) is 8. The third kappa shape index (κ3) is 4.02. The molecular weight excluding hydrogens is 418 g/mol. The molecule has 1 amide bonds. The molecule has 0 saturated heterocycles. The van der Waals surface area contributed by atoms with Crippen molar-refractivity contribution in [3.8, 4) is 0 Å². The second-order valence-corrected chi connectivity index (χ2v) is 8.34. The van der Waals surface area contributed by atoms with Gasteiger partial charge in [-0.25, -0.2) is 9.79 Å². The molecule has 0 aromatic carbocycles. The van der Waals surface area contributed by atoms with E-state index in [4.69, 9.17) is 9.15 Å². The summed E-state index contributed by atoms with van der Waals surface area (Å²) in [5.41, 5.74) is 0.848. The van der Waals surface area contributed by atoms with Crippen LogP contribution in [0.4, 0.5) is 0 Å². The number of ether oxygens (including phenoxy) is 1. The zero-order valence-corrected chi connectivity index (χ0v) is 17.5. The third-order valence-corrected chi connectivity index (χ3v) is 6.15. The average molecular weight is 437 g/mol. The lowest BCUT2D eigenvalue weighted by atomic mass is 9.93. The number of aliphatic imine (C=N–C) groups is 2. The summed E-state index contributed by atoms with van der Waals surface area (Å²) in [6.07, 6.45) is 8.65. The molecule has 1 saturated carbocycles. The van der Waals surface area contributed by atoms with Gasteiger partial charge in [-0.15, -0.1) is 10.2 Å². The molecule has 1 fully saturated rings. The highest BCUT2D eigenvalue weighted by atomic mass is 32.2. The fraction of sp³-hybridized carbons (Fsp3) is 0.333. The molecule has 1 atom stereocenters. The van der Waals surface area contributed by atoms with Crippen molar-refractivity contribution in [2.45, 2.75) is 30.5 Å². The van der Waals surface area contributed by atoms with Crippen LogP contribution in [0, 0.1) is 5.92 Å². The molecule has 3 heterocycles. The average Bonchev–Trinajstić information content (AvgIpc) is 3.34. The quantitative estimate of drug-likeness (QED) is 0.483. The van der Waals surface area contributed by atoms with Crippen LogP contribution in [0.15, 0.2) is 61.8 Å². The van der Waals surface area contributed by atoms with Crippen molar-refractivity contribution in [1.29, 1.82) is 0 Å². The Balaban J connectivity index is 1.35. The summed E-state index contributed by atoms with van der Waals surface area (Å²) in [5, 5.41) is 9.46. The molecule has 2 aliphatic carbocycles. The molecule has 0 bridgehead atoms. The first-order chi connectivity index (χ1) is 15.1. The SMILES string of the molecule is COC(=O)C1=CC2=NC(CSc3nnc(C4CC4)n3Cc3ccco3)=NC(=O)C2C=C1. The van der Waals surface area contributed by atoms with Crippen LogP contribution in [-0.4, -0.2) is 51.1 Å². The molecular formula is C21H19N5O4S. The van der Waals surface area contributed by atoms with E-state index >= 15 is 0 Å². The number of rotatable bonds is 7. The zero-order chi connectivity index (χ0) is 21.4. The molecule has 1 unspecified atom stereocenters. The molecule has 5 rings (SSSR count). The number of carbonyl (C=O) groups excluding carboxylic acids is 2. The Kier molecular flexibility index (Phi) is 5.14. The molecule has 158 valence electrons. The van der Waals surface area contributed by atoms with Crippen molar-refractivity contribution in [2.24, 2.45) is 15.9 Å². The van der Waals surface area contributed by atoms with Crippen molar-refractivity contribution in [2.75, 3.05) is 12.9 Å². The number of aromatic nitrogens is 3. The topological polar surface area (TPSA) is 112 Å². The fourth-order valence-corrected chi connectivity index (χ4v) is 4.27. The number of methoxy groups -OCH3 is 1. The highest BCUT2D eigenvalue weighted by Gasteiger charge is 2.32. The second kappa shape index (κ2) is 8.10. The maximum atomic E-state index is 12.5. The van der Waals surface area contributed by atoms with E-state index in [2.05, 4.69) is 24.7 Å². The summed E-state index contributed by atoms with van der Waals surface area (Å²) in [6, 6.07) is 3.77. The molecule has 31 heavy (non-hydrogen) atoms. The van der Waals surface area contributed by atoms with E-state index in [0.29, 0.717) is 35.3 Å².